The zero-order valence-corrected chi connectivity index (χ0v) is 11.6. The van der Waals surface area contributed by atoms with E-state index in [4.69, 9.17) is 10.5 Å². The molecule has 0 unspecified atom stereocenters. The Labute approximate surface area is 113 Å². The third kappa shape index (κ3) is 2.32. The number of aromatic amines is 1. The number of hydrogen-bond acceptors (Lipinski definition) is 3. The van der Waals surface area contributed by atoms with Gasteiger partial charge in [0.25, 0.3) is 0 Å². The molecular weight excluding hydrogens is 238 g/mol. The molecule has 1 aliphatic rings. The van der Waals surface area contributed by atoms with Gasteiger partial charge in [-0.3, -0.25) is 5.10 Å². The molecule has 2 aromatic rings. The molecule has 0 amide bonds. The molecule has 1 heterocycles. The summed E-state index contributed by atoms with van der Waals surface area (Å²) < 4.78 is 6.19. The topological polar surface area (TPSA) is 63.9 Å². The van der Waals surface area contributed by atoms with Crippen LogP contribution in [-0.4, -0.2) is 22.3 Å². The van der Waals surface area contributed by atoms with Crippen LogP contribution in [0.2, 0.25) is 0 Å². The average Bonchev–Trinajstić information content (AvgIpc) is 2.85. The molecule has 1 aromatic heterocycles. The number of hydrogen-bond donors (Lipinski definition) is 2. The summed E-state index contributed by atoms with van der Waals surface area (Å²) in [6.07, 6.45) is 6.48. The summed E-state index contributed by atoms with van der Waals surface area (Å²) in [5, 5.41) is 8.31. The number of benzene rings is 1. The summed E-state index contributed by atoms with van der Waals surface area (Å²) in [4.78, 5) is 0. The van der Waals surface area contributed by atoms with Crippen molar-refractivity contribution in [1.29, 1.82) is 0 Å². The third-order valence-corrected chi connectivity index (χ3v) is 4.12. The zero-order chi connectivity index (χ0) is 13.4. The number of nitrogens with one attached hydrogen (secondary N) is 1. The summed E-state index contributed by atoms with van der Waals surface area (Å²) in [6.45, 7) is 4.18. The predicted octanol–water partition coefficient (Wildman–Crippen LogP) is 2.83. The highest BCUT2D eigenvalue weighted by Crippen LogP contribution is 2.31. The van der Waals surface area contributed by atoms with Crippen molar-refractivity contribution in [1.82, 2.24) is 10.2 Å². The minimum atomic E-state index is 0.256. The third-order valence-electron chi connectivity index (χ3n) is 4.12. The first kappa shape index (κ1) is 12.5. The Morgan fingerprint density at radius 2 is 2.21 bits per heavy atom. The summed E-state index contributed by atoms with van der Waals surface area (Å²) in [5.41, 5.74) is 9.46. The van der Waals surface area contributed by atoms with Crippen LogP contribution >= 0.6 is 0 Å². The number of aromatic nitrogens is 2. The normalized spacial score (nSPS) is 23.7. The van der Waals surface area contributed by atoms with Crippen LogP contribution in [0.5, 0.6) is 5.75 Å². The van der Waals surface area contributed by atoms with Gasteiger partial charge in [0.1, 0.15) is 11.9 Å². The largest absolute Gasteiger partial charge is 0.490 e. The first-order valence-corrected chi connectivity index (χ1v) is 7.00. The lowest BCUT2D eigenvalue weighted by Crippen LogP contribution is -2.33. The van der Waals surface area contributed by atoms with Gasteiger partial charge in [-0.15, -0.1) is 0 Å². The molecule has 0 bridgehead atoms. The van der Waals surface area contributed by atoms with Crippen LogP contribution < -0.4 is 10.5 Å². The van der Waals surface area contributed by atoms with Gasteiger partial charge in [0, 0.05) is 17.0 Å². The number of rotatable bonds is 2. The molecule has 0 saturated heterocycles. The summed E-state index contributed by atoms with van der Waals surface area (Å²) in [5.74, 6) is 0.977. The van der Waals surface area contributed by atoms with E-state index < -0.39 is 0 Å². The van der Waals surface area contributed by atoms with Gasteiger partial charge >= 0.3 is 0 Å². The van der Waals surface area contributed by atoms with Crippen molar-refractivity contribution < 1.29 is 4.74 Å². The fraction of sp³-hybridized carbons (Fsp3) is 0.533. The van der Waals surface area contributed by atoms with E-state index in [0.717, 1.165) is 47.9 Å². The van der Waals surface area contributed by atoms with E-state index >= 15 is 0 Å². The maximum absolute atomic E-state index is 6.19. The van der Waals surface area contributed by atoms with Gasteiger partial charge in [-0.2, -0.15) is 5.10 Å². The van der Waals surface area contributed by atoms with Crippen molar-refractivity contribution in [3.63, 3.8) is 0 Å². The smallest absolute Gasteiger partial charge is 0.123 e. The van der Waals surface area contributed by atoms with Crippen molar-refractivity contribution in [3.05, 3.63) is 23.4 Å². The molecule has 1 aliphatic carbocycles. The molecule has 0 spiro atoms. The lowest BCUT2D eigenvalue weighted by molar-refractivity contribution is 0.144. The quantitative estimate of drug-likeness (QED) is 0.871. The number of H-pyrrole nitrogens is 1. The summed E-state index contributed by atoms with van der Waals surface area (Å²) in [7, 11) is 0. The molecule has 1 aromatic carbocycles. The van der Waals surface area contributed by atoms with Gasteiger partial charge in [-0.1, -0.05) is 0 Å². The standard InChI is InChI=1S/C15H21N3O/c1-9-6-14(10(2)13-8-17-18-15(9)13)19-12-5-3-4-11(16)7-12/h6,8,11-12H,3-5,7,16H2,1-2H3,(H,17,18)/t11-,12+/m1/s1. The number of nitrogens with two attached hydrogens (primary N) is 1. The second-order valence-corrected chi connectivity index (χ2v) is 5.64. The monoisotopic (exact) mass is 259 g/mol. The first-order valence-electron chi connectivity index (χ1n) is 7.00. The molecule has 4 nitrogen and oxygen atoms in total. The Bertz CT molecular complexity index is 590. The lowest BCUT2D eigenvalue weighted by Gasteiger charge is -2.28. The molecule has 3 rings (SSSR count). The maximum atomic E-state index is 6.19. The molecule has 0 radical (unpaired) electrons. The van der Waals surface area contributed by atoms with Crippen LogP contribution in [0.15, 0.2) is 12.3 Å². The Morgan fingerprint density at radius 1 is 1.37 bits per heavy atom. The fourth-order valence-corrected chi connectivity index (χ4v) is 2.97. The van der Waals surface area contributed by atoms with E-state index in [0.29, 0.717) is 0 Å². The van der Waals surface area contributed by atoms with E-state index in [9.17, 15) is 0 Å². The van der Waals surface area contributed by atoms with Crippen molar-refractivity contribution >= 4 is 10.9 Å². The first-order chi connectivity index (χ1) is 9.15. The molecule has 4 heteroatoms. The van der Waals surface area contributed by atoms with Crippen molar-refractivity contribution in [2.24, 2.45) is 5.73 Å². The Kier molecular flexibility index (Phi) is 3.19. The van der Waals surface area contributed by atoms with Gasteiger partial charge in [0.2, 0.25) is 0 Å². The van der Waals surface area contributed by atoms with E-state index in [2.05, 4.69) is 30.1 Å². The van der Waals surface area contributed by atoms with Crippen LogP contribution in [-0.2, 0) is 0 Å². The Morgan fingerprint density at radius 3 is 3.00 bits per heavy atom. The lowest BCUT2D eigenvalue weighted by atomic mass is 9.93. The molecule has 2 atom stereocenters. The second-order valence-electron chi connectivity index (χ2n) is 5.64. The van der Waals surface area contributed by atoms with E-state index in [1.807, 2.05) is 6.20 Å². The minimum Gasteiger partial charge on any atom is -0.490 e. The van der Waals surface area contributed by atoms with Gasteiger partial charge in [-0.05, 0) is 51.2 Å². The van der Waals surface area contributed by atoms with Crippen LogP contribution in [0.1, 0.15) is 36.8 Å². The SMILES string of the molecule is Cc1c(O[C@H]2CCC[C@@H](N)C2)cc(C)c2[nH]ncc12. The van der Waals surface area contributed by atoms with Crippen LogP contribution in [0.25, 0.3) is 10.9 Å². The Hall–Kier alpha value is -1.55. The van der Waals surface area contributed by atoms with Gasteiger partial charge in [0.05, 0.1) is 11.7 Å². The Balaban J connectivity index is 1.90. The predicted molar refractivity (Wildman–Crippen MR) is 76.4 cm³/mol. The maximum Gasteiger partial charge on any atom is 0.123 e. The molecule has 3 N–H and O–H groups in total. The van der Waals surface area contributed by atoms with E-state index in [-0.39, 0.29) is 12.1 Å². The second kappa shape index (κ2) is 4.85. The van der Waals surface area contributed by atoms with Crippen molar-refractivity contribution in [2.45, 2.75) is 51.7 Å². The van der Waals surface area contributed by atoms with E-state index in [1.54, 1.807) is 0 Å². The average molecular weight is 259 g/mol. The molecule has 0 aliphatic heterocycles. The van der Waals surface area contributed by atoms with Gasteiger partial charge < -0.3 is 10.5 Å². The van der Waals surface area contributed by atoms with Crippen LogP contribution in [0.4, 0.5) is 0 Å². The van der Waals surface area contributed by atoms with Gasteiger partial charge in [0.15, 0.2) is 0 Å². The number of nitrogens with zero attached hydrogens (tertiary/aromatic N) is 1. The minimum absolute atomic E-state index is 0.256. The van der Waals surface area contributed by atoms with Crippen LogP contribution in [0.3, 0.4) is 0 Å². The molecule has 102 valence electrons. The highest BCUT2D eigenvalue weighted by molar-refractivity contribution is 5.86. The molecule has 1 saturated carbocycles. The summed E-state index contributed by atoms with van der Waals surface area (Å²) >= 11 is 0. The fourth-order valence-electron chi connectivity index (χ4n) is 2.97. The summed E-state index contributed by atoms with van der Waals surface area (Å²) in [6, 6.07) is 2.40. The van der Waals surface area contributed by atoms with Gasteiger partial charge in [-0.25, -0.2) is 0 Å². The molecular formula is C15H21N3O. The van der Waals surface area contributed by atoms with Crippen molar-refractivity contribution in [2.75, 3.05) is 0 Å². The number of ether oxygens (including phenoxy) is 1. The molecule has 1 fully saturated rings. The number of fused-ring (bicyclic) bond motifs is 1. The zero-order valence-electron chi connectivity index (χ0n) is 11.6. The van der Waals surface area contributed by atoms with E-state index in [1.165, 1.54) is 5.56 Å². The highest BCUT2D eigenvalue weighted by Gasteiger charge is 2.21. The number of aryl methyl sites for hydroxylation is 2. The highest BCUT2D eigenvalue weighted by atomic mass is 16.5. The molecule has 19 heavy (non-hydrogen) atoms. The van der Waals surface area contributed by atoms with Crippen molar-refractivity contribution in [3.8, 4) is 5.75 Å². The van der Waals surface area contributed by atoms with Crippen LogP contribution in [0, 0.1) is 13.8 Å².